The minimum absolute atomic E-state index is 0.0897. The summed E-state index contributed by atoms with van der Waals surface area (Å²) in [5, 5.41) is 8.83. The van der Waals surface area contributed by atoms with Gasteiger partial charge in [-0.2, -0.15) is 0 Å². The summed E-state index contributed by atoms with van der Waals surface area (Å²) in [7, 11) is 0. The fourth-order valence-electron chi connectivity index (χ4n) is 2.43. The molecule has 1 N–H and O–H groups in total. The molecule has 68 valence electrons. The molecule has 0 saturated carbocycles. The van der Waals surface area contributed by atoms with Gasteiger partial charge in [-0.3, -0.25) is 9.69 Å². The van der Waals surface area contributed by atoms with Crippen molar-refractivity contribution < 1.29 is 9.90 Å². The zero-order valence-electron chi connectivity index (χ0n) is 7.20. The maximum atomic E-state index is 10.7. The predicted octanol–water partition coefficient (Wildman–Crippen LogP) is 0.945. The normalized spacial score (nSPS) is 36.3. The molecule has 0 bridgehead atoms. The Morgan fingerprint density at radius 3 is 2.92 bits per heavy atom. The Kier molecular flexibility index (Phi) is 2.05. The maximum absolute atomic E-state index is 10.7. The number of nitrogens with zero attached hydrogens (tertiary/aromatic N) is 1. The largest absolute Gasteiger partial charge is 0.481 e. The summed E-state index contributed by atoms with van der Waals surface area (Å²) in [4.78, 5) is 13.1. The van der Waals surface area contributed by atoms with E-state index < -0.39 is 5.97 Å². The van der Waals surface area contributed by atoms with E-state index in [1.54, 1.807) is 0 Å². The Morgan fingerprint density at radius 1 is 1.42 bits per heavy atom. The van der Waals surface area contributed by atoms with Crippen LogP contribution in [0.2, 0.25) is 0 Å². The molecule has 3 nitrogen and oxygen atoms in total. The van der Waals surface area contributed by atoms with Crippen molar-refractivity contribution in [1.29, 1.82) is 0 Å². The molecular formula is C9H15NO2. The highest BCUT2D eigenvalue weighted by molar-refractivity contribution is 5.70. The van der Waals surface area contributed by atoms with Crippen molar-refractivity contribution in [3.63, 3.8) is 0 Å². The fraction of sp³-hybridized carbons (Fsp3) is 0.889. The first-order chi connectivity index (χ1) is 5.77. The number of hydrogen-bond donors (Lipinski definition) is 1. The molecule has 0 unspecified atom stereocenters. The maximum Gasteiger partial charge on any atom is 0.307 e. The molecule has 0 aromatic rings. The second kappa shape index (κ2) is 3.05. The molecule has 2 aliphatic rings. The SMILES string of the molecule is O=C(O)[C@@H]1C[C@@H]2CCCCN2C1. The molecule has 0 aromatic heterocycles. The van der Waals surface area contributed by atoms with Crippen molar-refractivity contribution in [2.45, 2.75) is 31.7 Å². The second-order valence-electron chi connectivity index (χ2n) is 3.92. The van der Waals surface area contributed by atoms with Gasteiger partial charge in [0.05, 0.1) is 5.92 Å². The Balaban J connectivity index is 1.98. The van der Waals surface area contributed by atoms with Crippen molar-refractivity contribution >= 4 is 5.97 Å². The molecule has 2 atom stereocenters. The van der Waals surface area contributed by atoms with Crippen LogP contribution >= 0.6 is 0 Å². The number of rotatable bonds is 1. The molecule has 0 aromatic carbocycles. The van der Waals surface area contributed by atoms with E-state index in [1.165, 1.54) is 19.3 Å². The van der Waals surface area contributed by atoms with E-state index in [0.29, 0.717) is 6.04 Å². The second-order valence-corrected chi connectivity index (χ2v) is 3.92. The quantitative estimate of drug-likeness (QED) is 0.635. The number of carbonyl (C=O) groups is 1. The zero-order chi connectivity index (χ0) is 8.55. The first kappa shape index (κ1) is 8.05. The van der Waals surface area contributed by atoms with Crippen LogP contribution in [0.5, 0.6) is 0 Å². The van der Waals surface area contributed by atoms with Gasteiger partial charge in [-0.15, -0.1) is 0 Å². The van der Waals surface area contributed by atoms with E-state index in [1.807, 2.05) is 0 Å². The van der Waals surface area contributed by atoms with Crippen molar-refractivity contribution in [2.24, 2.45) is 5.92 Å². The average Bonchev–Trinajstić information content (AvgIpc) is 2.46. The van der Waals surface area contributed by atoms with Gasteiger partial charge in [-0.25, -0.2) is 0 Å². The van der Waals surface area contributed by atoms with Gasteiger partial charge in [0, 0.05) is 12.6 Å². The molecule has 3 heteroatoms. The summed E-state index contributed by atoms with van der Waals surface area (Å²) in [5.74, 6) is -0.697. The lowest BCUT2D eigenvalue weighted by Crippen LogP contribution is -2.34. The van der Waals surface area contributed by atoms with E-state index in [2.05, 4.69) is 4.90 Å². The highest BCUT2D eigenvalue weighted by atomic mass is 16.4. The van der Waals surface area contributed by atoms with Gasteiger partial charge >= 0.3 is 5.97 Å². The van der Waals surface area contributed by atoms with Gasteiger partial charge < -0.3 is 5.11 Å². The summed E-state index contributed by atoms with van der Waals surface area (Å²) in [6.45, 7) is 1.91. The third kappa shape index (κ3) is 1.33. The molecule has 2 aliphatic heterocycles. The van der Waals surface area contributed by atoms with Gasteiger partial charge in [-0.1, -0.05) is 6.42 Å². The highest BCUT2D eigenvalue weighted by Gasteiger charge is 2.36. The molecular weight excluding hydrogens is 154 g/mol. The van der Waals surface area contributed by atoms with Crippen molar-refractivity contribution in [3.05, 3.63) is 0 Å². The van der Waals surface area contributed by atoms with Gasteiger partial charge in [0.2, 0.25) is 0 Å². The minimum Gasteiger partial charge on any atom is -0.481 e. The molecule has 0 aliphatic carbocycles. The van der Waals surface area contributed by atoms with Crippen LogP contribution in [-0.2, 0) is 4.79 Å². The van der Waals surface area contributed by atoms with E-state index in [-0.39, 0.29) is 5.92 Å². The number of carboxylic acid groups (broad SMARTS) is 1. The van der Waals surface area contributed by atoms with Crippen LogP contribution in [-0.4, -0.2) is 35.1 Å². The van der Waals surface area contributed by atoms with Crippen LogP contribution < -0.4 is 0 Å². The molecule has 2 heterocycles. The first-order valence-corrected chi connectivity index (χ1v) is 4.74. The van der Waals surface area contributed by atoms with Crippen molar-refractivity contribution in [1.82, 2.24) is 4.90 Å². The molecule has 0 spiro atoms. The minimum atomic E-state index is -0.607. The molecule has 2 fully saturated rings. The van der Waals surface area contributed by atoms with E-state index in [9.17, 15) is 4.79 Å². The number of piperidine rings is 1. The number of aliphatic carboxylic acids is 1. The summed E-state index contributed by atoms with van der Waals surface area (Å²) in [5.41, 5.74) is 0. The third-order valence-electron chi connectivity index (χ3n) is 3.11. The van der Waals surface area contributed by atoms with Gasteiger partial charge in [0.25, 0.3) is 0 Å². The zero-order valence-corrected chi connectivity index (χ0v) is 7.20. The Bertz CT molecular complexity index is 179. The third-order valence-corrected chi connectivity index (χ3v) is 3.11. The topological polar surface area (TPSA) is 40.5 Å². The van der Waals surface area contributed by atoms with Crippen LogP contribution in [0, 0.1) is 5.92 Å². The first-order valence-electron chi connectivity index (χ1n) is 4.74. The monoisotopic (exact) mass is 169 g/mol. The summed E-state index contributed by atoms with van der Waals surface area (Å²) in [6, 6.07) is 0.583. The van der Waals surface area contributed by atoms with Gasteiger partial charge in [0.1, 0.15) is 0 Å². The Labute approximate surface area is 72.4 Å². The van der Waals surface area contributed by atoms with Crippen LogP contribution in [0.25, 0.3) is 0 Å². The molecule has 0 amide bonds. The number of fused-ring (bicyclic) bond motifs is 1. The van der Waals surface area contributed by atoms with Crippen LogP contribution in [0.1, 0.15) is 25.7 Å². The van der Waals surface area contributed by atoms with Gasteiger partial charge in [-0.05, 0) is 25.8 Å². The van der Waals surface area contributed by atoms with E-state index >= 15 is 0 Å². The molecule has 2 saturated heterocycles. The Hall–Kier alpha value is -0.570. The molecule has 0 radical (unpaired) electrons. The molecule has 2 rings (SSSR count). The number of hydrogen-bond acceptors (Lipinski definition) is 2. The van der Waals surface area contributed by atoms with Crippen LogP contribution in [0.15, 0.2) is 0 Å². The number of carboxylic acids is 1. The van der Waals surface area contributed by atoms with Gasteiger partial charge in [0.15, 0.2) is 0 Å². The fourth-order valence-corrected chi connectivity index (χ4v) is 2.43. The lowest BCUT2D eigenvalue weighted by Gasteiger charge is -2.28. The molecule has 12 heavy (non-hydrogen) atoms. The lowest BCUT2D eigenvalue weighted by molar-refractivity contribution is -0.141. The Morgan fingerprint density at radius 2 is 2.25 bits per heavy atom. The van der Waals surface area contributed by atoms with Crippen LogP contribution in [0.3, 0.4) is 0 Å². The summed E-state index contributed by atoms with van der Waals surface area (Å²) < 4.78 is 0. The standard InChI is InChI=1S/C9H15NO2/c11-9(12)7-5-8-3-1-2-4-10(8)6-7/h7-8H,1-6H2,(H,11,12)/t7-,8+/m1/s1. The van der Waals surface area contributed by atoms with E-state index in [4.69, 9.17) is 5.11 Å². The van der Waals surface area contributed by atoms with Crippen LogP contribution in [0.4, 0.5) is 0 Å². The predicted molar refractivity (Wildman–Crippen MR) is 45.0 cm³/mol. The van der Waals surface area contributed by atoms with E-state index in [0.717, 1.165) is 19.5 Å². The average molecular weight is 169 g/mol. The summed E-state index contributed by atoms with van der Waals surface area (Å²) in [6.07, 6.45) is 4.63. The van der Waals surface area contributed by atoms with Crippen molar-refractivity contribution in [3.8, 4) is 0 Å². The smallest absolute Gasteiger partial charge is 0.307 e. The van der Waals surface area contributed by atoms with Crippen molar-refractivity contribution in [2.75, 3.05) is 13.1 Å². The summed E-state index contributed by atoms with van der Waals surface area (Å²) >= 11 is 0. The highest BCUT2D eigenvalue weighted by Crippen LogP contribution is 2.30. The lowest BCUT2D eigenvalue weighted by atomic mass is 10.00.